The Kier molecular flexibility index (Phi) is 7.71. The van der Waals surface area contributed by atoms with Gasteiger partial charge in [-0.25, -0.2) is 4.79 Å². The molecule has 1 N–H and O–H groups in total. The summed E-state index contributed by atoms with van der Waals surface area (Å²) in [7, 11) is -5.68. The van der Waals surface area contributed by atoms with Crippen molar-refractivity contribution in [3.05, 3.63) is 60.7 Å². The van der Waals surface area contributed by atoms with E-state index in [1.807, 2.05) is 0 Å². The number of halogens is 6. The number of benzene rings is 2. The molecule has 0 fully saturated rings. The van der Waals surface area contributed by atoms with Crippen LogP contribution < -0.4 is 15.9 Å². The van der Waals surface area contributed by atoms with Crippen molar-refractivity contribution in [2.45, 2.75) is 37.9 Å². The number of alkyl carbamates (subject to hydrolysis) is 1. The zero-order valence-electron chi connectivity index (χ0n) is 17.2. The van der Waals surface area contributed by atoms with E-state index in [0.717, 1.165) is 29.6 Å². The molecule has 0 spiro atoms. The van der Waals surface area contributed by atoms with E-state index in [1.54, 1.807) is 13.8 Å². The Labute approximate surface area is 181 Å². The van der Waals surface area contributed by atoms with Crippen molar-refractivity contribution in [1.82, 2.24) is 5.32 Å². The Morgan fingerprint density at radius 2 is 1.28 bits per heavy atom. The molecular formula is C21H22F6NO3P. The van der Waals surface area contributed by atoms with Gasteiger partial charge in [-0.3, -0.25) is 5.32 Å². The van der Waals surface area contributed by atoms with Gasteiger partial charge in [0.05, 0.1) is 6.61 Å². The van der Waals surface area contributed by atoms with Gasteiger partial charge in [0.2, 0.25) is 0 Å². The van der Waals surface area contributed by atoms with E-state index in [0.29, 0.717) is 0 Å². The average molecular weight is 481 g/mol. The van der Waals surface area contributed by atoms with E-state index in [-0.39, 0.29) is 12.3 Å². The number of nitrogens with one attached hydrogen (secondary N) is 1. The van der Waals surface area contributed by atoms with Crippen molar-refractivity contribution in [3.8, 4) is 0 Å². The zero-order chi connectivity index (χ0) is 24.2. The number of rotatable bonds is 7. The largest absolute Gasteiger partial charge is 0.450 e. The lowest BCUT2D eigenvalue weighted by Crippen LogP contribution is -2.69. The van der Waals surface area contributed by atoms with Gasteiger partial charge in [0.15, 0.2) is 7.14 Å². The highest BCUT2D eigenvalue weighted by Crippen LogP contribution is 2.66. The third kappa shape index (κ3) is 4.80. The van der Waals surface area contributed by atoms with Crippen molar-refractivity contribution in [2.75, 3.05) is 6.61 Å². The maximum Gasteiger partial charge on any atom is 0.428 e. The van der Waals surface area contributed by atoms with Gasteiger partial charge < -0.3 is 9.30 Å². The number of hydrogen-bond acceptors (Lipinski definition) is 3. The Morgan fingerprint density at radius 3 is 1.62 bits per heavy atom. The molecule has 4 nitrogen and oxygen atoms in total. The van der Waals surface area contributed by atoms with Crippen molar-refractivity contribution in [3.63, 3.8) is 0 Å². The molecule has 0 saturated carbocycles. The molecule has 0 aliphatic carbocycles. The average Bonchev–Trinajstić information content (AvgIpc) is 2.70. The van der Waals surface area contributed by atoms with Gasteiger partial charge >= 0.3 is 18.4 Å². The molecule has 0 heterocycles. The highest BCUT2D eigenvalue weighted by Gasteiger charge is 2.81. The third-order valence-corrected chi connectivity index (χ3v) is 8.36. The first-order chi connectivity index (χ1) is 14.8. The number of carbonyl (C=O) groups excluding carboxylic acids is 1. The molecule has 0 aromatic heterocycles. The summed E-state index contributed by atoms with van der Waals surface area (Å²) in [5.74, 6) is -0.0162. The van der Waals surface area contributed by atoms with Gasteiger partial charge in [0, 0.05) is 10.6 Å². The second-order valence-corrected chi connectivity index (χ2v) is 10.4. The normalized spacial score (nSPS) is 13.2. The van der Waals surface area contributed by atoms with Gasteiger partial charge in [-0.2, -0.15) is 26.3 Å². The number of ether oxygens (including phenoxy) is 1. The van der Waals surface area contributed by atoms with E-state index >= 15 is 0 Å². The highest BCUT2D eigenvalue weighted by molar-refractivity contribution is 7.80. The second kappa shape index (κ2) is 9.57. The highest BCUT2D eigenvalue weighted by atomic mass is 31.2. The minimum absolute atomic E-state index is 0.0162. The monoisotopic (exact) mass is 481 g/mol. The van der Waals surface area contributed by atoms with Crippen LogP contribution >= 0.6 is 7.14 Å². The molecule has 0 atom stereocenters. The molecule has 2 aromatic rings. The number of carbonyl (C=O) groups is 1. The van der Waals surface area contributed by atoms with Crippen LogP contribution in [0, 0.1) is 5.92 Å². The number of amides is 1. The molecule has 0 unspecified atom stereocenters. The molecule has 0 bridgehead atoms. The van der Waals surface area contributed by atoms with Crippen LogP contribution in [0.2, 0.25) is 0 Å². The van der Waals surface area contributed by atoms with Crippen LogP contribution in [0.3, 0.4) is 0 Å². The maximum atomic E-state index is 14.4. The molecule has 0 radical (unpaired) electrons. The summed E-state index contributed by atoms with van der Waals surface area (Å²) in [6, 6.07) is 11.0. The summed E-state index contributed by atoms with van der Waals surface area (Å²) in [5, 5.41) is -5.61. The van der Waals surface area contributed by atoms with E-state index < -0.39 is 48.1 Å². The van der Waals surface area contributed by atoms with Gasteiger partial charge in [-0.15, -0.1) is 0 Å². The van der Waals surface area contributed by atoms with Crippen LogP contribution in [-0.4, -0.2) is 30.3 Å². The summed E-state index contributed by atoms with van der Waals surface area (Å²) in [6.45, 7) is 3.06. The first kappa shape index (κ1) is 25.8. The van der Waals surface area contributed by atoms with Crippen LogP contribution in [0.4, 0.5) is 31.1 Å². The van der Waals surface area contributed by atoms with Crippen LogP contribution in [0.25, 0.3) is 0 Å². The fourth-order valence-electron chi connectivity index (χ4n) is 3.12. The maximum absolute atomic E-state index is 14.4. The van der Waals surface area contributed by atoms with Crippen molar-refractivity contribution < 1.29 is 40.4 Å². The summed E-state index contributed by atoms with van der Waals surface area (Å²) < 4.78 is 105. The quantitative estimate of drug-likeness (QED) is 0.414. The minimum Gasteiger partial charge on any atom is -0.450 e. The van der Waals surface area contributed by atoms with Crippen LogP contribution in [0.5, 0.6) is 0 Å². The predicted octanol–water partition coefficient (Wildman–Crippen LogP) is 5.59. The van der Waals surface area contributed by atoms with Crippen molar-refractivity contribution in [1.29, 1.82) is 0 Å². The first-order valence-corrected chi connectivity index (χ1v) is 11.3. The number of alkyl halides is 6. The molecule has 0 aliphatic heterocycles. The molecule has 176 valence electrons. The van der Waals surface area contributed by atoms with E-state index in [4.69, 9.17) is 0 Å². The van der Waals surface area contributed by atoms with Gasteiger partial charge in [-0.1, -0.05) is 74.5 Å². The fourth-order valence-corrected chi connectivity index (χ4v) is 6.34. The Morgan fingerprint density at radius 1 is 0.875 bits per heavy atom. The smallest absolute Gasteiger partial charge is 0.428 e. The summed E-state index contributed by atoms with van der Waals surface area (Å²) in [5.41, 5.74) is 0. The lowest BCUT2D eigenvalue weighted by atomic mass is 10.1. The van der Waals surface area contributed by atoms with Crippen LogP contribution in [0.15, 0.2) is 60.7 Å². The molecule has 1 amide bonds. The molecule has 32 heavy (non-hydrogen) atoms. The standard InChI is InChI=1S/C21H22F6NO3P/c1-15(2)13-14-31-18(29)28-19(20(22,23)24,21(25,26)27)32(30,16-9-5-3-6-10-16)17-11-7-4-8-12-17/h3-12,15H,13-14H2,1-2H3,(H,28,29). The topological polar surface area (TPSA) is 55.4 Å². The van der Waals surface area contributed by atoms with Gasteiger partial charge in [0.25, 0.3) is 5.28 Å². The Hall–Kier alpha value is -2.48. The molecule has 0 aliphatic rings. The first-order valence-electron chi connectivity index (χ1n) is 9.57. The van der Waals surface area contributed by atoms with E-state index in [2.05, 4.69) is 4.74 Å². The summed E-state index contributed by atoms with van der Waals surface area (Å²) in [6.07, 6.45) is -14.1. The van der Waals surface area contributed by atoms with Gasteiger partial charge in [-0.05, 0) is 12.3 Å². The van der Waals surface area contributed by atoms with Crippen LogP contribution in [-0.2, 0) is 9.30 Å². The van der Waals surface area contributed by atoms with E-state index in [1.165, 1.54) is 36.4 Å². The molecule has 11 heteroatoms. The van der Waals surface area contributed by atoms with Crippen molar-refractivity contribution >= 4 is 23.8 Å². The second-order valence-electron chi connectivity index (χ2n) is 7.43. The van der Waals surface area contributed by atoms with Gasteiger partial charge in [0.1, 0.15) is 0 Å². The number of hydrogen-bond donors (Lipinski definition) is 1. The minimum atomic E-state index is -6.19. The Bertz CT molecular complexity index is 888. The third-order valence-electron chi connectivity index (χ3n) is 4.74. The molecular weight excluding hydrogens is 459 g/mol. The molecule has 0 saturated heterocycles. The van der Waals surface area contributed by atoms with Crippen molar-refractivity contribution in [2.24, 2.45) is 5.92 Å². The SMILES string of the molecule is CC(C)CCOC(=O)NC(C(F)(F)F)(C(F)(F)F)P(=O)(c1ccccc1)c1ccccc1. The molecule has 2 aromatic carbocycles. The lowest BCUT2D eigenvalue weighted by Gasteiger charge is -2.43. The molecule has 2 rings (SSSR count). The Balaban J connectivity index is 2.80. The summed E-state index contributed by atoms with van der Waals surface area (Å²) in [4.78, 5) is 12.2. The predicted molar refractivity (Wildman–Crippen MR) is 109 cm³/mol. The summed E-state index contributed by atoms with van der Waals surface area (Å²) >= 11 is 0. The van der Waals surface area contributed by atoms with Crippen LogP contribution in [0.1, 0.15) is 20.3 Å². The van der Waals surface area contributed by atoms with E-state index in [9.17, 15) is 35.7 Å². The zero-order valence-corrected chi connectivity index (χ0v) is 18.1. The lowest BCUT2D eigenvalue weighted by molar-refractivity contribution is -0.274. The fraction of sp³-hybridized carbons (Fsp3) is 0.381.